The second kappa shape index (κ2) is 13.0. The molecular formula is C21H30F3N3O7S. The van der Waals surface area contributed by atoms with E-state index in [2.05, 4.69) is 5.32 Å². The van der Waals surface area contributed by atoms with E-state index >= 15 is 0 Å². The van der Waals surface area contributed by atoms with Crippen LogP contribution in [0.4, 0.5) is 13.2 Å². The number of amides is 1. The van der Waals surface area contributed by atoms with Crippen molar-refractivity contribution in [2.45, 2.75) is 36.4 Å². The SMILES string of the molecule is COc1ccc(S(=O)(=O)N(CCC(=O)N2CCNCC2)CC2CCCO2)cc1.O=C(O)C(F)(F)F. The average Bonchev–Trinajstić information content (AvgIpc) is 3.35. The second-order valence-corrected chi connectivity index (χ2v) is 9.80. The highest BCUT2D eigenvalue weighted by Crippen LogP contribution is 2.22. The van der Waals surface area contributed by atoms with Gasteiger partial charge in [-0.3, -0.25) is 4.79 Å². The minimum absolute atomic E-state index is 0.0104. The Morgan fingerprint density at radius 2 is 1.83 bits per heavy atom. The van der Waals surface area contributed by atoms with Crippen LogP contribution < -0.4 is 10.1 Å². The van der Waals surface area contributed by atoms with Gasteiger partial charge in [-0.2, -0.15) is 17.5 Å². The lowest BCUT2D eigenvalue weighted by Gasteiger charge is -2.29. The molecule has 1 unspecified atom stereocenters. The Morgan fingerprint density at radius 1 is 1.23 bits per heavy atom. The fraction of sp³-hybridized carbons (Fsp3) is 0.619. The molecule has 2 aliphatic heterocycles. The molecule has 0 aliphatic carbocycles. The molecule has 35 heavy (non-hydrogen) atoms. The minimum Gasteiger partial charge on any atom is -0.497 e. The number of carbonyl (C=O) groups excluding carboxylic acids is 1. The fourth-order valence-corrected chi connectivity index (χ4v) is 4.99. The van der Waals surface area contributed by atoms with Gasteiger partial charge in [0.1, 0.15) is 5.75 Å². The first kappa shape index (κ1) is 28.8. The van der Waals surface area contributed by atoms with Crippen molar-refractivity contribution < 1.29 is 45.8 Å². The van der Waals surface area contributed by atoms with Crippen LogP contribution in [0.25, 0.3) is 0 Å². The van der Waals surface area contributed by atoms with Gasteiger partial charge in [-0.05, 0) is 37.1 Å². The summed E-state index contributed by atoms with van der Waals surface area (Å²) in [5.74, 6) is -2.17. The first-order chi connectivity index (χ1) is 16.4. The quantitative estimate of drug-likeness (QED) is 0.521. The predicted molar refractivity (Wildman–Crippen MR) is 118 cm³/mol. The summed E-state index contributed by atoms with van der Waals surface area (Å²) >= 11 is 0. The Morgan fingerprint density at radius 3 is 2.31 bits per heavy atom. The number of aliphatic carboxylic acids is 1. The van der Waals surface area contributed by atoms with Crippen molar-refractivity contribution in [2.75, 3.05) is 53.0 Å². The first-order valence-electron chi connectivity index (χ1n) is 11.0. The van der Waals surface area contributed by atoms with Gasteiger partial charge in [-0.15, -0.1) is 0 Å². The molecule has 2 N–H and O–H groups in total. The normalized spacial score (nSPS) is 18.7. The van der Waals surface area contributed by atoms with Crippen molar-refractivity contribution >= 4 is 21.9 Å². The summed E-state index contributed by atoms with van der Waals surface area (Å²) in [5.41, 5.74) is 0. The van der Waals surface area contributed by atoms with Crippen LogP contribution in [0.3, 0.4) is 0 Å². The van der Waals surface area contributed by atoms with Crippen molar-refractivity contribution in [1.29, 1.82) is 0 Å². The van der Waals surface area contributed by atoms with Gasteiger partial charge >= 0.3 is 12.1 Å². The van der Waals surface area contributed by atoms with E-state index in [1.807, 2.05) is 0 Å². The van der Waals surface area contributed by atoms with Crippen LogP contribution in [0.5, 0.6) is 5.75 Å². The summed E-state index contributed by atoms with van der Waals surface area (Å²) in [4.78, 5) is 23.4. The highest BCUT2D eigenvalue weighted by Gasteiger charge is 2.38. The number of benzene rings is 1. The maximum Gasteiger partial charge on any atom is 0.490 e. The topological polar surface area (TPSA) is 125 Å². The largest absolute Gasteiger partial charge is 0.497 e. The number of carboxylic acids is 1. The van der Waals surface area contributed by atoms with Gasteiger partial charge in [0.2, 0.25) is 15.9 Å². The maximum atomic E-state index is 13.2. The molecule has 1 aromatic carbocycles. The predicted octanol–water partition coefficient (Wildman–Crippen LogP) is 1.32. The Labute approximate surface area is 202 Å². The number of rotatable bonds is 8. The molecule has 10 nitrogen and oxygen atoms in total. The molecule has 0 bridgehead atoms. The zero-order valence-corrected chi connectivity index (χ0v) is 20.1. The van der Waals surface area contributed by atoms with Crippen molar-refractivity contribution in [3.05, 3.63) is 24.3 Å². The number of nitrogens with zero attached hydrogens (tertiary/aromatic N) is 2. The molecule has 0 aromatic heterocycles. The maximum absolute atomic E-state index is 13.2. The zero-order valence-electron chi connectivity index (χ0n) is 19.3. The molecule has 2 aliphatic rings. The van der Waals surface area contributed by atoms with Gasteiger partial charge in [0.15, 0.2) is 0 Å². The molecule has 1 aromatic rings. The Bertz CT molecular complexity index is 930. The third-order valence-electron chi connectivity index (χ3n) is 5.42. The van der Waals surface area contributed by atoms with Crippen LogP contribution in [-0.2, 0) is 24.3 Å². The van der Waals surface area contributed by atoms with E-state index in [1.54, 1.807) is 17.0 Å². The highest BCUT2D eigenvalue weighted by atomic mass is 32.2. The number of ether oxygens (including phenoxy) is 2. The van der Waals surface area contributed by atoms with Gasteiger partial charge in [-0.1, -0.05) is 0 Å². The monoisotopic (exact) mass is 525 g/mol. The fourth-order valence-electron chi connectivity index (χ4n) is 3.51. The van der Waals surface area contributed by atoms with Gasteiger partial charge in [0, 0.05) is 52.3 Å². The van der Waals surface area contributed by atoms with Crippen LogP contribution >= 0.6 is 0 Å². The number of piperazine rings is 1. The number of halogens is 3. The van der Waals surface area contributed by atoms with E-state index in [9.17, 15) is 26.4 Å². The van der Waals surface area contributed by atoms with Gasteiger partial charge in [-0.25, -0.2) is 13.2 Å². The van der Waals surface area contributed by atoms with Crippen LogP contribution in [0.15, 0.2) is 29.2 Å². The average molecular weight is 526 g/mol. The molecule has 0 spiro atoms. The standard InChI is InChI=1S/C19H29N3O5S.C2HF3O2/c1-26-16-4-6-18(7-5-16)28(24,25)22(15-17-3-2-14-27-17)11-8-19(23)21-12-9-20-10-13-21;3-2(4,5)1(6)7/h4-7,17,20H,2-3,8-15H2,1H3;(H,6,7). The summed E-state index contributed by atoms with van der Waals surface area (Å²) in [6.07, 6.45) is -3.27. The van der Waals surface area contributed by atoms with Crippen LogP contribution in [0.2, 0.25) is 0 Å². The molecule has 3 rings (SSSR count). The zero-order chi connectivity index (χ0) is 26.1. The lowest BCUT2D eigenvalue weighted by molar-refractivity contribution is -0.192. The second-order valence-electron chi connectivity index (χ2n) is 7.86. The van der Waals surface area contributed by atoms with E-state index in [0.29, 0.717) is 25.4 Å². The lowest BCUT2D eigenvalue weighted by Crippen LogP contribution is -2.47. The van der Waals surface area contributed by atoms with E-state index < -0.39 is 22.2 Å². The number of hydrogen-bond acceptors (Lipinski definition) is 7. The summed E-state index contributed by atoms with van der Waals surface area (Å²) in [6, 6.07) is 6.33. The number of hydrogen-bond donors (Lipinski definition) is 2. The number of nitrogens with one attached hydrogen (secondary N) is 1. The van der Waals surface area contributed by atoms with Crippen molar-refractivity contribution in [2.24, 2.45) is 0 Å². The molecule has 1 amide bonds. The lowest BCUT2D eigenvalue weighted by atomic mass is 10.2. The summed E-state index contributed by atoms with van der Waals surface area (Å²) in [5, 5.41) is 10.3. The molecule has 198 valence electrons. The molecule has 2 fully saturated rings. The summed E-state index contributed by atoms with van der Waals surface area (Å²) in [7, 11) is -2.19. The Kier molecular flexibility index (Phi) is 10.7. The van der Waals surface area contributed by atoms with Gasteiger partial charge in [0.05, 0.1) is 18.1 Å². The Balaban J connectivity index is 0.000000540. The van der Waals surface area contributed by atoms with Crippen LogP contribution in [0, 0.1) is 0 Å². The molecule has 0 radical (unpaired) electrons. The van der Waals surface area contributed by atoms with Gasteiger partial charge in [0.25, 0.3) is 0 Å². The van der Waals surface area contributed by atoms with Crippen LogP contribution in [0.1, 0.15) is 19.3 Å². The van der Waals surface area contributed by atoms with E-state index in [0.717, 1.165) is 25.9 Å². The summed E-state index contributed by atoms with van der Waals surface area (Å²) in [6.45, 7) is 3.94. The van der Waals surface area contributed by atoms with E-state index in [4.69, 9.17) is 19.4 Å². The molecule has 2 heterocycles. The third-order valence-corrected chi connectivity index (χ3v) is 7.30. The number of alkyl halides is 3. The number of sulfonamides is 1. The van der Waals surface area contributed by atoms with E-state index in [1.165, 1.54) is 23.5 Å². The molecule has 14 heteroatoms. The van der Waals surface area contributed by atoms with Crippen LogP contribution in [-0.4, -0.2) is 99.9 Å². The van der Waals surface area contributed by atoms with Gasteiger partial charge < -0.3 is 24.8 Å². The number of carbonyl (C=O) groups is 2. The number of carboxylic acid groups (broad SMARTS) is 1. The van der Waals surface area contributed by atoms with Crippen molar-refractivity contribution in [3.8, 4) is 5.75 Å². The molecular weight excluding hydrogens is 495 g/mol. The number of methoxy groups -OCH3 is 1. The smallest absolute Gasteiger partial charge is 0.490 e. The van der Waals surface area contributed by atoms with E-state index in [-0.39, 0.29) is 36.4 Å². The van der Waals surface area contributed by atoms with Crippen molar-refractivity contribution in [3.63, 3.8) is 0 Å². The minimum atomic E-state index is -5.08. The van der Waals surface area contributed by atoms with Crippen molar-refractivity contribution in [1.82, 2.24) is 14.5 Å². The third kappa shape index (κ3) is 8.94. The first-order valence-corrected chi connectivity index (χ1v) is 12.4. The highest BCUT2D eigenvalue weighted by molar-refractivity contribution is 7.89. The Hall–Kier alpha value is -2.42. The molecule has 2 saturated heterocycles. The summed E-state index contributed by atoms with van der Waals surface area (Å²) < 4.78 is 70.3. The molecule has 0 saturated carbocycles. The molecule has 1 atom stereocenters.